The van der Waals surface area contributed by atoms with E-state index in [1.54, 1.807) is 11.3 Å². The second-order valence-electron chi connectivity index (χ2n) is 3.41. The van der Waals surface area contributed by atoms with Crippen LogP contribution in [-0.2, 0) is 6.54 Å². The minimum absolute atomic E-state index is 0. The highest BCUT2D eigenvalue weighted by Crippen LogP contribution is 2.32. The normalized spacial score (nSPS) is 10.4. The van der Waals surface area contributed by atoms with E-state index < -0.39 is 0 Å². The molecular weight excluding hydrogens is 365 g/mol. The predicted octanol–water partition coefficient (Wildman–Crippen LogP) is 3.50. The number of hydrogen-bond donors (Lipinski definition) is 1. The maximum Gasteiger partial charge on any atom is 0.113 e. The van der Waals surface area contributed by atoms with Gasteiger partial charge < -0.3 is 5.73 Å². The lowest BCUT2D eigenvalue weighted by Crippen LogP contribution is -1.91. The van der Waals surface area contributed by atoms with Gasteiger partial charge in [-0.05, 0) is 18.2 Å². The van der Waals surface area contributed by atoms with Crippen LogP contribution in [0.5, 0.6) is 0 Å². The Kier molecular flexibility index (Phi) is 4.08. The van der Waals surface area contributed by atoms with E-state index in [-0.39, 0.29) is 24.0 Å². The van der Waals surface area contributed by atoms with Gasteiger partial charge in [0.1, 0.15) is 11.0 Å². The van der Waals surface area contributed by atoms with Crippen molar-refractivity contribution < 1.29 is 0 Å². The number of benzene rings is 1. The quantitative estimate of drug-likeness (QED) is 0.698. The molecule has 0 aliphatic carbocycles. The van der Waals surface area contributed by atoms with Gasteiger partial charge >= 0.3 is 0 Å². The Morgan fingerprint density at radius 1 is 1.12 bits per heavy atom. The van der Waals surface area contributed by atoms with Crippen molar-refractivity contribution >= 4 is 58.1 Å². The lowest BCUT2D eigenvalue weighted by atomic mass is 10.1. The second-order valence-corrected chi connectivity index (χ2v) is 5.10. The number of hydrogen-bond acceptors (Lipinski definition) is 5. The van der Waals surface area contributed by atoms with Gasteiger partial charge in [-0.25, -0.2) is 0 Å². The van der Waals surface area contributed by atoms with Crippen LogP contribution in [0.25, 0.3) is 21.5 Å². The van der Waals surface area contributed by atoms with Gasteiger partial charge in [-0.1, -0.05) is 12.1 Å². The molecule has 0 aliphatic rings. The maximum atomic E-state index is 5.62. The van der Waals surface area contributed by atoms with Crippen LogP contribution in [0.15, 0.2) is 30.3 Å². The molecule has 3 rings (SSSR count). The molecule has 17 heavy (non-hydrogen) atoms. The van der Waals surface area contributed by atoms with E-state index in [0.29, 0.717) is 6.54 Å². The van der Waals surface area contributed by atoms with Crippen molar-refractivity contribution in [2.24, 2.45) is 5.73 Å². The Balaban J connectivity index is 0.00000108. The Bertz CT molecular complexity index is 632. The third-order valence-corrected chi connectivity index (χ3v) is 4.10. The summed E-state index contributed by atoms with van der Waals surface area (Å²) in [6.07, 6.45) is 0. The first-order valence-corrected chi connectivity index (χ1v) is 6.43. The predicted molar refractivity (Wildman–Crippen MR) is 84.0 cm³/mol. The van der Waals surface area contributed by atoms with Crippen LogP contribution < -0.4 is 5.73 Å². The van der Waals surface area contributed by atoms with Gasteiger partial charge in [0.2, 0.25) is 0 Å². The summed E-state index contributed by atoms with van der Waals surface area (Å²) in [7, 11) is 0. The zero-order valence-electron chi connectivity index (χ0n) is 8.79. The topological polar surface area (TPSA) is 51.8 Å². The standard InChI is InChI=1S/C11H9N3S2.HI/c12-6-7-4-5-10(15-7)8-2-1-3-9-11(8)14-16-13-9;/h1-5H,6,12H2;1H. The number of aromatic nitrogens is 2. The summed E-state index contributed by atoms with van der Waals surface area (Å²) in [6.45, 7) is 0.593. The summed E-state index contributed by atoms with van der Waals surface area (Å²) in [6, 6.07) is 10.2. The number of fused-ring (bicyclic) bond motifs is 1. The van der Waals surface area contributed by atoms with Gasteiger partial charge in [-0.15, -0.1) is 35.3 Å². The molecule has 0 unspecified atom stereocenters. The first-order valence-electron chi connectivity index (χ1n) is 4.89. The van der Waals surface area contributed by atoms with Crippen LogP contribution in [-0.4, -0.2) is 8.75 Å². The largest absolute Gasteiger partial charge is 0.326 e. The fraction of sp³-hybridized carbons (Fsp3) is 0.0909. The molecule has 0 amide bonds. The van der Waals surface area contributed by atoms with Crippen molar-refractivity contribution in [2.75, 3.05) is 0 Å². The van der Waals surface area contributed by atoms with Gasteiger partial charge in [0.25, 0.3) is 0 Å². The van der Waals surface area contributed by atoms with Crippen molar-refractivity contribution in [1.82, 2.24) is 8.75 Å². The van der Waals surface area contributed by atoms with E-state index in [0.717, 1.165) is 16.6 Å². The highest BCUT2D eigenvalue weighted by Gasteiger charge is 2.08. The minimum atomic E-state index is 0. The fourth-order valence-corrected chi connectivity index (χ4v) is 3.10. The molecule has 88 valence electrons. The molecule has 0 bridgehead atoms. The molecule has 0 atom stereocenters. The van der Waals surface area contributed by atoms with Gasteiger partial charge in [0.15, 0.2) is 0 Å². The molecule has 2 N–H and O–H groups in total. The minimum Gasteiger partial charge on any atom is -0.326 e. The van der Waals surface area contributed by atoms with Gasteiger partial charge in [0.05, 0.1) is 11.7 Å². The third-order valence-electron chi connectivity index (χ3n) is 2.41. The van der Waals surface area contributed by atoms with Gasteiger partial charge in [0, 0.05) is 21.9 Å². The molecule has 0 radical (unpaired) electrons. The zero-order chi connectivity index (χ0) is 11.0. The van der Waals surface area contributed by atoms with E-state index in [2.05, 4.69) is 26.9 Å². The molecule has 1 aromatic carbocycles. The van der Waals surface area contributed by atoms with E-state index in [1.807, 2.05) is 12.1 Å². The maximum absolute atomic E-state index is 5.62. The smallest absolute Gasteiger partial charge is 0.113 e. The van der Waals surface area contributed by atoms with E-state index in [4.69, 9.17) is 5.73 Å². The van der Waals surface area contributed by atoms with Crippen LogP contribution in [0.2, 0.25) is 0 Å². The number of nitrogens with two attached hydrogens (primary N) is 1. The van der Waals surface area contributed by atoms with E-state index in [1.165, 1.54) is 21.5 Å². The average molecular weight is 375 g/mol. The van der Waals surface area contributed by atoms with Crippen LogP contribution in [0.4, 0.5) is 0 Å². The first-order chi connectivity index (χ1) is 7.88. The summed E-state index contributed by atoms with van der Waals surface area (Å²) >= 11 is 2.97. The number of thiophene rings is 1. The Hall–Kier alpha value is -0.570. The van der Waals surface area contributed by atoms with Crippen molar-refractivity contribution in [3.8, 4) is 10.4 Å². The number of rotatable bonds is 2. The molecule has 3 nitrogen and oxygen atoms in total. The summed E-state index contributed by atoms with van der Waals surface area (Å²) in [4.78, 5) is 2.40. The lowest BCUT2D eigenvalue weighted by molar-refractivity contribution is 1.11. The molecule has 0 aliphatic heterocycles. The Morgan fingerprint density at radius 2 is 2.00 bits per heavy atom. The molecule has 0 spiro atoms. The van der Waals surface area contributed by atoms with Crippen LogP contribution in [0, 0.1) is 0 Å². The zero-order valence-corrected chi connectivity index (χ0v) is 12.8. The number of nitrogens with zero attached hydrogens (tertiary/aromatic N) is 2. The highest BCUT2D eigenvalue weighted by molar-refractivity contribution is 14.0. The first kappa shape index (κ1) is 12.9. The monoisotopic (exact) mass is 375 g/mol. The second kappa shape index (κ2) is 5.38. The number of halogens is 1. The molecule has 2 aromatic heterocycles. The summed E-state index contributed by atoms with van der Waals surface area (Å²) in [5.74, 6) is 0. The average Bonchev–Trinajstić information content (AvgIpc) is 2.97. The van der Waals surface area contributed by atoms with Crippen LogP contribution in [0.3, 0.4) is 0 Å². The molecule has 0 saturated carbocycles. The molecule has 0 fully saturated rings. The Morgan fingerprint density at radius 3 is 2.76 bits per heavy atom. The fourth-order valence-electron chi connectivity index (χ4n) is 1.64. The highest BCUT2D eigenvalue weighted by atomic mass is 127. The van der Waals surface area contributed by atoms with Crippen LogP contribution >= 0.6 is 47.0 Å². The molecule has 0 saturated heterocycles. The third kappa shape index (κ3) is 2.35. The summed E-state index contributed by atoms with van der Waals surface area (Å²) < 4.78 is 8.58. The Labute approximate surface area is 124 Å². The van der Waals surface area contributed by atoms with Crippen LogP contribution in [0.1, 0.15) is 4.88 Å². The van der Waals surface area contributed by atoms with Gasteiger partial charge in [-0.2, -0.15) is 8.75 Å². The van der Waals surface area contributed by atoms with Crippen molar-refractivity contribution in [3.05, 3.63) is 35.2 Å². The molecular formula is C11H10IN3S2. The molecule has 3 aromatic rings. The van der Waals surface area contributed by atoms with Crippen molar-refractivity contribution in [3.63, 3.8) is 0 Å². The van der Waals surface area contributed by atoms with Crippen molar-refractivity contribution in [2.45, 2.75) is 6.54 Å². The SMILES string of the molecule is I.NCc1ccc(-c2cccc3nsnc23)s1. The molecule has 6 heteroatoms. The van der Waals surface area contributed by atoms with Crippen molar-refractivity contribution in [1.29, 1.82) is 0 Å². The lowest BCUT2D eigenvalue weighted by Gasteiger charge is -1.97. The summed E-state index contributed by atoms with van der Waals surface area (Å²) in [5, 5.41) is 0. The van der Waals surface area contributed by atoms with Gasteiger partial charge in [-0.3, -0.25) is 0 Å². The molecule has 2 heterocycles. The van der Waals surface area contributed by atoms with E-state index >= 15 is 0 Å². The van der Waals surface area contributed by atoms with E-state index in [9.17, 15) is 0 Å². The summed E-state index contributed by atoms with van der Waals surface area (Å²) in [5.41, 5.74) is 8.71.